The molecule has 2 aromatic heterocycles. The summed E-state index contributed by atoms with van der Waals surface area (Å²) < 4.78 is 7.18. The number of aryl methyl sites for hydroxylation is 1. The lowest BCUT2D eigenvalue weighted by Crippen LogP contribution is -2.36. The van der Waals surface area contributed by atoms with Gasteiger partial charge in [0, 0.05) is 19.6 Å². The highest BCUT2D eigenvalue weighted by molar-refractivity contribution is 6.28. The molecule has 1 aliphatic heterocycles. The van der Waals surface area contributed by atoms with Crippen molar-refractivity contribution in [1.82, 2.24) is 19.7 Å². The van der Waals surface area contributed by atoms with Gasteiger partial charge in [0.25, 0.3) is 0 Å². The fourth-order valence-electron chi connectivity index (χ4n) is 2.16. The van der Waals surface area contributed by atoms with Crippen LogP contribution >= 0.6 is 11.6 Å². The highest BCUT2D eigenvalue weighted by atomic mass is 35.5. The summed E-state index contributed by atoms with van der Waals surface area (Å²) in [6.45, 7) is 5.85. The molecule has 3 heterocycles. The molecule has 0 unspecified atom stereocenters. The van der Waals surface area contributed by atoms with Crippen LogP contribution in [0.3, 0.4) is 0 Å². The number of fused-ring (bicyclic) bond motifs is 1. The second-order valence-corrected chi connectivity index (χ2v) is 4.45. The number of nitrogens with zero attached hydrogens (tertiary/aromatic N) is 5. The average molecular weight is 268 g/mol. The fraction of sp³-hybridized carbons (Fsp3) is 0.545. The molecule has 1 fully saturated rings. The van der Waals surface area contributed by atoms with Crippen LogP contribution in [-0.2, 0) is 11.3 Å². The summed E-state index contributed by atoms with van der Waals surface area (Å²) in [6.07, 6.45) is 1.81. The van der Waals surface area contributed by atoms with Crippen LogP contribution in [0.15, 0.2) is 6.20 Å². The normalized spacial score (nSPS) is 16.4. The topological polar surface area (TPSA) is 56.1 Å². The average Bonchev–Trinajstić information content (AvgIpc) is 2.81. The van der Waals surface area contributed by atoms with E-state index in [2.05, 4.69) is 20.0 Å². The van der Waals surface area contributed by atoms with Gasteiger partial charge < -0.3 is 9.64 Å². The quantitative estimate of drug-likeness (QED) is 0.769. The lowest BCUT2D eigenvalue weighted by atomic mass is 10.3. The highest BCUT2D eigenvalue weighted by Gasteiger charge is 2.19. The van der Waals surface area contributed by atoms with Gasteiger partial charge in [0.1, 0.15) is 5.82 Å². The van der Waals surface area contributed by atoms with E-state index in [4.69, 9.17) is 16.3 Å². The monoisotopic (exact) mass is 267 g/mol. The van der Waals surface area contributed by atoms with E-state index in [9.17, 15) is 0 Å². The summed E-state index contributed by atoms with van der Waals surface area (Å²) in [6, 6.07) is 0. The third kappa shape index (κ3) is 1.91. The Morgan fingerprint density at radius 3 is 2.83 bits per heavy atom. The Bertz CT molecular complexity index is 564. The van der Waals surface area contributed by atoms with Gasteiger partial charge in [-0.15, -0.1) is 0 Å². The summed E-state index contributed by atoms with van der Waals surface area (Å²) in [5.74, 6) is 0.855. The van der Waals surface area contributed by atoms with Crippen LogP contribution in [0.5, 0.6) is 0 Å². The molecule has 7 heteroatoms. The van der Waals surface area contributed by atoms with Gasteiger partial charge in [0.2, 0.25) is 5.28 Å². The number of rotatable bonds is 2. The van der Waals surface area contributed by atoms with Gasteiger partial charge in [-0.1, -0.05) is 0 Å². The van der Waals surface area contributed by atoms with Gasteiger partial charge in [0.05, 0.1) is 24.8 Å². The summed E-state index contributed by atoms with van der Waals surface area (Å²) >= 11 is 6.01. The molecule has 1 saturated heterocycles. The number of aromatic nitrogens is 4. The first-order chi connectivity index (χ1) is 8.79. The molecule has 18 heavy (non-hydrogen) atoms. The molecule has 0 radical (unpaired) electrons. The van der Waals surface area contributed by atoms with Crippen LogP contribution < -0.4 is 4.90 Å². The van der Waals surface area contributed by atoms with Crippen LogP contribution in [0.1, 0.15) is 6.92 Å². The molecule has 3 rings (SSSR count). The van der Waals surface area contributed by atoms with E-state index in [1.807, 2.05) is 11.6 Å². The second-order valence-electron chi connectivity index (χ2n) is 4.11. The number of hydrogen-bond donors (Lipinski definition) is 0. The lowest BCUT2D eigenvalue weighted by molar-refractivity contribution is 0.122. The number of anilines is 1. The Balaban J connectivity index is 2.12. The van der Waals surface area contributed by atoms with Crippen LogP contribution in [-0.4, -0.2) is 46.1 Å². The first kappa shape index (κ1) is 11.7. The van der Waals surface area contributed by atoms with E-state index in [0.717, 1.165) is 36.5 Å². The first-order valence-corrected chi connectivity index (χ1v) is 6.39. The van der Waals surface area contributed by atoms with E-state index in [0.29, 0.717) is 13.2 Å². The standard InChI is InChI=1S/C11H14ClN5O/c1-2-17-10-8(7-13-17)9(14-11(12)15-10)16-3-5-18-6-4-16/h7H,2-6H2,1H3. The van der Waals surface area contributed by atoms with Crippen LogP contribution in [0.4, 0.5) is 5.82 Å². The number of morpholine rings is 1. The van der Waals surface area contributed by atoms with Crippen LogP contribution in [0.25, 0.3) is 11.0 Å². The fourth-order valence-corrected chi connectivity index (χ4v) is 2.32. The minimum atomic E-state index is 0.263. The first-order valence-electron chi connectivity index (χ1n) is 6.01. The minimum absolute atomic E-state index is 0.263. The predicted molar refractivity (Wildman–Crippen MR) is 69.0 cm³/mol. The van der Waals surface area contributed by atoms with Gasteiger partial charge in [-0.3, -0.25) is 0 Å². The van der Waals surface area contributed by atoms with Crippen molar-refractivity contribution in [3.8, 4) is 0 Å². The van der Waals surface area contributed by atoms with E-state index < -0.39 is 0 Å². The molecule has 0 spiro atoms. The molecule has 0 atom stereocenters. The van der Waals surface area contributed by atoms with E-state index in [1.54, 1.807) is 6.20 Å². The van der Waals surface area contributed by atoms with Crippen molar-refractivity contribution in [2.45, 2.75) is 13.5 Å². The summed E-state index contributed by atoms with van der Waals surface area (Å²) in [7, 11) is 0. The minimum Gasteiger partial charge on any atom is -0.378 e. The Kier molecular flexibility index (Phi) is 3.05. The summed E-state index contributed by atoms with van der Waals surface area (Å²) in [5, 5.41) is 5.52. The Morgan fingerprint density at radius 1 is 1.33 bits per heavy atom. The van der Waals surface area contributed by atoms with Crippen LogP contribution in [0.2, 0.25) is 5.28 Å². The van der Waals surface area contributed by atoms with Gasteiger partial charge in [0.15, 0.2) is 5.65 Å². The Morgan fingerprint density at radius 2 is 2.11 bits per heavy atom. The number of halogens is 1. The van der Waals surface area contributed by atoms with Gasteiger partial charge in [-0.2, -0.15) is 15.1 Å². The molecular weight excluding hydrogens is 254 g/mol. The highest BCUT2D eigenvalue weighted by Crippen LogP contribution is 2.25. The van der Waals surface area contributed by atoms with Crippen molar-refractivity contribution in [2.75, 3.05) is 31.2 Å². The summed E-state index contributed by atoms with van der Waals surface area (Å²) in [5.41, 5.74) is 0.791. The molecule has 2 aromatic rings. The lowest BCUT2D eigenvalue weighted by Gasteiger charge is -2.28. The smallest absolute Gasteiger partial charge is 0.226 e. The maximum atomic E-state index is 6.01. The van der Waals surface area contributed by atoms with Crippen LogP contribution in [0, 0.1) is 0 Å². The number of ether oxygens (including phenoxy) is 1. The van der Waals surface area contributed by atoms with Gasteiger partial charge >= 0.3 is 0 Å². The molecular formula is C11H14ClN5O. The Labute approximate surface area is 110 Å². The predicted octanol–water partition coefficient (Wildman–Crippen LogP) is 1.34. The van der Waals surface area contributed by atoms with Crippen molar-refractivity contribution in [3.05, 3.63) is 11.5 Å². The Hall–Kier alpha value is -1.40. The maximum absolute atomic E-state index is 6.01. The zero-order chi connectivity index (χ0) is 12.5. The third-order valence-electron chi connectivity index (χ3n) is 3.06. The van der Waals surface area contributed by atoms with E-state index in [1.165, 1.54) is 0 Å². The van der Waals surface area contributed by atoms with E-state index in [-0.39, 0.29) is 5.28 Å². The van der Waals surface area contributed by atoms with Crippen molar-refractivity contribution < 1.29 is 4.74 Å². The third-order valence-corrected chi connectivity index (χ3v) is 3.23. The van der Waals surface area contributed by atoms with Crippen molar-refractivity contribution >= 4 is 28.5 Å². The number of hydrogen-bond acceptors (Lipinski definition) is 5. The SMILES string of the molecule is CCn1ncc2c(N3CCOCC3)nc(Cl)nc21. The zero-order valence-corrected chi connectivity index (χ0v) is 10.9. The molecule has 0 aromatic carbocycles. The molecule has 0 amide bonds. The molecule has 0 N–H and O–H groups in total. The molecule has 6 nitrogen and oxygen atoms in total. The van der Waals surface area contributed by atoms with Crippen molar-refractivity contribution in [3.63, 3.8) is 0 Å². The van der Waals surface area contributed by atoms with E-state index >= 15 is 0 Å². The maximum Gasteiger partial charge on any atom is 0.226 e. The second kappa shape index (κ2) is 4.70. The van der Waals surface area contributed by atoms with Crippen molar-refractivity contribution in [2.24, 2.45) is 0 Å². The van der Waals surface area contributed by atoms with Crippen molar-refractivity contribution in [1.29, 1.82) is 0 Å². The molecule has 96 valence electrons. The molecule has 0 bridgehead atoms. The molecule has 1 aliphatic rings. The van der Waals surface area contributed by atoms with Gasteiger partial charge in [-0.05, 0) is 18.5 Å². The molecule has 0 saturated carbocycles. The zero-order valence-electron chi connectivity index (χ0n) is 10.1. The summed E-state index contributed by atoms with van der Waals surface area (Å²) in [4.78, 5) is 10.8. The van der Waals surface area contributed by atoms with Gasteiger partial charge in [-0.25, -0.2) is 4.68 Å². The molecule has 0 aliphatic carbocycles. The largest absolute Gasteiger partial charge is 0.378 e.